The molecule has 0 nitrogen and oxygen atoms in total. The van der Waals surface area contributed by atoms with Crippen molar-refractivity contribution in [1.82, 2.24) is 0 Å². The molecule has 0 heteroatoms. The molecule has 0 aliphatic rings. The minimum absolute atomic E-state index is 0.343. The van der Waals surface area contributed by atoms with Crippen molar-refractivity contribution in [3.05, 3.63) is 322 Å². The Kier molecular flexibility index (Phi) is 21.8. The van der Waals surface area contributed by atoms with Crippen LogP contribution in [0.5, 0.6) is 0 Å². The Morgan fingerprint density at radius 1 is 0.210 bits per heavy atom. The minimum atomic E-state index is 0.343. The molecule has 416 valence electrons. The Morgan fingerprint density at radius 3 is 0.753 bits per heavy atom. The van der Waals surface area contributed by atoms with E-state index in [1.54, 1.807) is 0 Å². The molecule has 9 aromatic rings. The van der Waals surface area contributed by atoms with Crippen LogP contribution in [0.15, 0.2) is 261 Å². The van der Waals surface area contributed by atoms with Gasteiger partial charge in [0.25, 0.3) is 0 Å². The highest BCUT2D eigenvalue weighted by Crippen LogP contribution is 2.48. The number of hydrogen-bond acceptors (Lipinski definition) is 0. The first-order chi connectivity index (χ1) is 39.7. The van der Waals surface area contributed by atoms with Crippen LogP contribution in [0.1, 0.15) is 232 Å². The van der Waals surface area contributed by atoms with E-state index in [-0.39, 0.29) is 0 Å². The fourth-order valence-electron chi connectivity index (χ4n) is 14.0. The lowest BCUT2D eigenvalue weighted by Gasteiger charge is -2.34. The summed E-state index contributed by atoms with van der Waals surface area (Å²) in [6.07, 6.45) is 11.2. The van der Waals surface area contributed by atoms with Crippen molar-refractivity contribution in [2.24, 2.45) is 0 Å². The summed E-state index contributed by atoms with van der Waals surface area (Å²) in [4.78, 5) is 0. The smallest absolute Gasteiger partial charge is 0.00873 e. The zero-order chi connectivity index (χ0) is 56.2. The number of hydrogen-bond donors (Lipinski definition) is 0. The van der Waals surface area contributed by atoms with Crippen LogP contribution in [-0.4, -0.2) is 0 Å². The Hall–Kier alpha value is -7.02. The van der Waals surface area contributed by atoms with Crippen LogP contribution in [0, 0.1) is 0 Å². The van der Waals surface area contributed by atoms with Gasteiger partial charge in [0.2, 0.25) is 0 Å². The van der Waals surface area contributed by atoms with Gasteiger partial charge in [-0.05, 0) is 184 Å². The summed E-state index contributed by atoms with van der Waals surface area (Å²) in [7, 11) is 0. The molecule has 0 heterocycles. The summed E-state index contributed by atoms with van der Waals surface area (Å²) < 4.78 is 0. The Balaban J connectivity index is 1.00. The first kappa shape index (κ1) is 58.6. The maximum atomic E-state index is 2.55. The molecule has 0 radical (unpaired) electrons. The molecule has 81 heavy (non-hydrogen) atoms. The summed E-state index contributed by atoms with van der Waals surface area (Å²) >= 11 is 0. The van der Waals surface area contributed by atoms with Crippen molar-refractivity contribution in [2.45, 2.75) is 171 Å². The topological polar surface area (TPSA) is 0 Å². The Morgan fingerprint density at radius 2 is 0.432 bits per heavy atom. The van der Waals surface area contributed by atoms with Crippen molar-refractivity contribution in [3.8, 4) is 0 Å². The average Bonchev–Trinajstić information content (AvgIpc) is 3.53. The maximum Gasteiger partial charge on any atom is -0.00873 e. The van der Waals surface area contributed by atoms with E-state index in [1.807, 2.05) is 0 Å². The summed E-state index contributed by atoms with van der Waals surface area (Å²) in [5.74, 6) is 4.68. The molecular formula is C81H92. The van der Waals surface area contributed by atoms with Crippen LogP contribution in [0.25, 0.3) is 0 Å². The predicted molar refractivity (Wildman–Crippen MR) is 348 cm³/mol. The van der Waals surface area contributed by atoms with E-state index in [9.17, 15) is 0 Å². The van der Waals surface area contributed by atoms with Gasteiger partial charge in [0.15, 0.2) is 0 Å². The fourth-order valence-corrected chi connectivity index (χ4v) is 14.0. The maximum absolute atomic E-state index is 2.55. The normalized spacial score (nSPS) is 15.7. The van der Waals surface area contributed by atoms with Crippen molar-refractivity contribution in [1.29, 1.82) is 0 Å². The lowest BCUT2D eigenvalue weighted by Crippen LogP contribution is -2.18. The molecule has 0 bridgehead atoms. The molecule has 0 amide bonds. The molecule has 0 saturated heterocycles. The monoisotopic (exact) mass is 1060 g/mol. The van der Waals surface area contributed by atoms with Gasteiger partial charge in [-0.25, -0.2) is 0 Å². The standard InChI is InChI=1S/C81H92/c1-7-30-80(75-51-49-73(50-52-75)78(55-62(5)66-33-18-10-19-34-66)57-76(70-37-22-12-23-38-70)54-61(4)65-31-16-9-17-32-65)81(74-43-28-15-29-44-74)59-79(72-41-26-14-27-42-72)58-77(71-39-24-13-25-40-71)56-63(6)68-47-45-67(46-48-68)60(3)53-64(8-2)69-35-20-11-21-36-69/h9-29,31-52,60-64,76-81H,7-8,30,53-59H2,1-6H3. The van der Waals surface area contributed by atoms with Gasteiger partial charge in [0, 0.05) is 0 Å². The van der Waals surface area contributed by atoms with E-state index in [2.05, 4.69) is 302 Å². The lowest BCUT2D eigenvalue weighted by atomic mass is 9.70. The van der Waals surface area contributed by atoms with Crippen molar-refractivity contribution in [3.63, 3.8) is 0 Å². The number of rotatable bonds is 29. The highest BCUT2D eigenvalue weighted by molar-refractivity contribution is 5.36. The van der Waals surface area contributed by atoms with E-state index < -0.39 is 0 Å². The second-order valence-corrected chi connectivity index (χ2v) is 24.4. The highest BCUT2D eigenvalue weighted by atomic mass is 14.4. The molecule has 0 N–H and O–H groups in total. The lowest BCUT2D eigenvalue weighted by molar-refractivity contribution is 0.393. The molecule has 9 aromatic carbocycles. The molecular weight excluding hydrogens is 973 g/mol. The largest absolute Gasteiger partial charge is 0.0654 e. The number of benzene rings is 9. The van der Waals surface area contributed by atoms with Crippen LogP contribution in [0.2, 0.25) is 0 Å². The van der Waals surface area contributed by atoms with Crippen LogP contribution in [-0.2, 0) is 0 Å². The molecule has 0 fully saturated rings. The summed E-state index contributed by atoms with van der Waals surface area (Å²) in [6.45, 7) is 14.5. The molecule has 0 aliphatic heterocycles. The zero-order valence-corrected chi connectivity index (χ0v) is 49.7. The molecule has 11 unspecified atom stereocenters. The van der Waals surface area contributed by atoms with Crippen molar-refractivity contribution in [2.75, 3.05) is 0 Å². The first-order valence-corrected chi connectivity index (χ1v) is 31.3. The van der Waals surface area contributed by atoms with Crippen LogP contribution < -0.4 is 0 Å². The molecule has 0 aliphatic carbocycles. The highest BCUT2D eigenvalue weighted by Gasteiger charge is 2.32. The SMILES string of the molecule is CCCC(c1ccc(C(CC(C)c2ccccc2)CC(CC(C)c2ccccc2)c2ccccc2)cc1)C(CC(CC(CC(C)c1ccc(C(C)CC(CC)c2ccccc2)cc1)c1ccccc1)c1ccccc1)c1ccccc1. The van der Waals surface area contributed by atoms with Gasteiger partial charge in [0.1, 0.15) is 0 Å². The van der Waals surface area contributed by atoms with Gasteiger partial charge in [-0.15, -0.1) is 0 Å². The zero-order valence-electron chi connectivity index (χ0n) is 49.7. The Labute approximate surface area is 490 Å². The molecule has 0 spiro atoms. The minimum Gasteiger partial charge on any atom is -0.0654 e. The van der Waals surface area contributed by atoms with Gasteiger partial charge < -0.3 is 0 Å². The van der Waals surface area contributed by atoms with E-state index >= 15 is 0 Å². The first-order valence-electron chi connectivity index (χ1n) is 31.3. The molecule has 9 rings (SSSR count). The van der Waals surface area contributed by atoms with Gasteiger partial charge in [-0.2, -0.15) is 0 Å². The third-order valence-electron chi connectivity index (χ3n) is 18.8. The van der Waals surface area contributed by atoms with E-state index in [0.717, 1.165) is 57.8 Å². The predicted octanol–water partition coefficient (Wildman–Crippen LogP) is 23.2. The third kappa shape index (κ3) is 16.3. The second kappa shape index (κ2) is 30.2. The van der Waals surface area contributed by atoms with E-state index in [0.29, 0.717) is 65.1 Å². The quantitative estimate of drug-likeness (QED) is 0.0438. The van der Waals surface area contributed by atoms with Crippen molar-refractivity contribution < 1.29 is 0 Å². The second-order valence-electron chi connectivity index (χ2n) is 24.4. The Bertz CT molecular complexity index is 3120. The van der Waals surface area contributed by atoms with E-state index in [4.69, 9.17) is 0 Å². The van der Waals surface area contributed by atoms with Crippen molar-refractivity contribution >= 4 is 0 Å². The summed E-state index contributed by atoms with van der Waals surface area (Å²) in [6, 6.07) is 99.6. The van der Waals surface area contributed by atoms with E-state index in [1.165, 1.54) is 67.6 Å². The van der Waals surface area contributed by atoms with Gasteiger partial charge in [-0.1, -0.05) is 309 Å². The third-order valence-corrected chi connectivity index (χ3v) is 18.8. The van der Waals surface area contributed by atoms with Crippen LogP contribution >= 0.6 is 0 Å². The van der Waals surface area contributed by atoms with Crippen LogP contribution in [0.4, 0.5) is 0 Å². The van der Waals surface area contributed by atoms with Gasteiger partial charge in [-0.3, -0.25) is 0 Å². The van der Waals surface area contributed by atoms with Gasteiger partial charge in [0.05, 0.1) is 0 Å². The average molecular weight is 1070 g/mol. The molecule has 0 saturated carbocycles. The van der Waals surface area contributed by atoms with Gasteiger partial charge >= 0.3 is 0 Å². The fraction of sp³-hybridized carbons (Fsp3) is 0.333. The summed E-state index contributed by atoms with van der Waals surface area (Å²) in [5.41, 5.74) is 16.0. The molecule has 11 atom stereocenters. The summed E-state index contributed by atoms with van der Waals surface area (Å²) in [5, 5.41) is 0. The van der Waals surface area contributed by atoms with Crippen LogP contribution in [0.3, 0.4) is 0 Å². The molecule has 0 aromatic heterocycles.